The van der Waals surface area contributed by atoms with Crippen LogP contribution in [0.25, 0.3) is 0 Å². The van der Waals surface area contributed by atoms with E-state index in [1.54, 1.807) is 0 Å². The second-order valence-corrected chi connectivity index (χ2v) is 8.93. The number of rotatable bonds is 0. The molecule has 1 heteroatoms. The molecule has 4 saturated carbocycles. The molecule has 4 aliphatic carbocycles. The molecular formula is C19H30O. The first-order valence-corrected chi connectivity index (χ1v) is 9.07. The summed E-state index contributed by atoms with van der Waals surface area (Å²) in [5, 5.41) is 0. The van der Waals surface area contributed by atoms with Gasteiger partial charge < -0.3 is 0 Å². The highest BCUT2D eigenvalue weighted by molar-refractivity contribution is 5.84. The first kappa shape index (κ1) is 13.3. The van der Waals surface area contributed by atoms with Crippen molar-refractivity contribution in [1.29, 1.82) is 0 Å². The molecule has 20 heavy (non-hydrogen) atoms. The van der Waals surface area contributed by atoms with Gasteiger partial charge in [0.2, 0.25) is 0 Å². The third-order valence-electron chi connectivity index (χ3n) is 8.16. The Hall–Kier alpha value is -0.330. The predicted molar refractivity (Wildman–Crippen MR) is 81.4 cm³/mol. The number of carbonyl (C=O) groups is 1. The van der Waals surface area contributed by atoms with E-state index in [0.29, 0.717) is 22.5 Å². The maximum absolute atomic E-state index is 12.5. The molecule has 4 rings (SSSR count). The molecule has 0 bridgehead atoms. The zero-order valence-electron chi connectivity index (χ0n) is 13.3. The van der Waals surface area contributed by atoms with Crippen molar-refractivity contribution in [2.45, 2.75) is 78.1 Å². The molecule has 0 radical (unpaired) electrons. The van der Waals surface area contributed by atoms with Gasteiger partial charge in [-0.1, -0.05) is 26.7 Å². The van der Waals surface area contributed by atoms with Gasteiger partial charge in [0.05, 0.1) is 0 Å². The molecule has 0 saturated heterocycles. The van der Waals surface area contributed by atoms with Gasteiger partial charge in [-0.15, -0.1) is 0 Å². The Morgan fingerprint density at radius 3 is 2.65 bits per heavy atom. The van der Waals surface area contributed by atoms with E-state index < -0.39 is 0 Å². The number of hydrogen-bond donors (Lipinski definition) is 0. The van der Waals surface area contributed by atoms with Crippen LogP contribution in [0.2, 0.25) is 0 Å². The van der Waals surface area contributed by atoms with Crippen molar-refractivity contribution >= 4 is 5.78 Å². The van der Waals surface area contributed by atoms with Gasteiger partial charge in [0.25, 0.3) is 0 Å². The zero-order chi connectivity index (χ0) is 14.0. The summed E-state index contributed by atoms with van der Waals surface area (Å²) in [6, 6.07) is 0. The maximum Gasteiger partial charge on any atom is 0.136 e. The van der Waals surface area contributed by atoms with Gasteiger partial charge in [0.1, 0.15) is 5.78 Å². The van der Waals surface area contributed by atoms with Gasteiger partial charge in [0, 0.05) is 12.3 Å². The SMILES string of the molecule is C[C@]12CCC(=O)[C@@H]1[C@@H]1CC[C@H]3CCCC[C@]3(C)[C@H]1CC2. The van der Waals surface area contributed by atoms with E-state index in [0.717, 1.165) is 24.2 Å². The Morgan fingerprint density at radius 2 is 1.80 bits per heavy atom. The van der Waals surface area contributed by atoms with Gasteiger partial charge in [-0.3, -0.25) is 4.79 Å². The van der Waals surface area contributed by atoms with Gasteiger partial charge in [-0.25, -0.2) is 0 Å². The summed E-state index contributed by atoms with van der Waals surface area (Å²) in [5.41, 5.74) is 0.946. The molecule has 6 atom stereocenters. The molecule has 0 spiro atoms. The lowest BCUT2D eigenvalue weighted by Crippen LogP contribution is -2.53. The van der Waals surface area contributed by atoms with Crippen LogP contribution in [0.4, 0.5) is 0 Å². The largest absolute Gasteiger partial charge is 0.299 e. The Morgan fingerprint density at radius 1 is 0.950 bits per heavy atom. The van der Waals surface area contributed by atoms with Crippen molar-refractivity contribution < 1.29 is 4.79 Å². The first-order chi connectivity index (χ1) is 9.55. The molecule has 0 heterocycles. The minimum atomic E-state index is 0.371. The molecule has 0 aromatic rings. The number of carbonyl (C=O) groups excluding carboxylic acids is 1. The minimum Gasteiger partial charge on any atom is -0.299 e. The second kappa shape index (κ2) is 4.34. The normalized spacial score (nSPS) is 55.0. The van der Waals surface area contributed by atoms with Crippen LogP contribution in [0.1, 0.15) is 78.1 Å². The lowest BCUT2D eigenvalue weighted by atomic mass is 9.45. The predicted octanol–water partition coefficient (Wildman–Crippen LogP) is 4.99. The summed E-state index contributed by atoms with van der Waals surface area (Å²) >= 11 is 0. The molecule has 0 aromatic carbocycles. The van der Waals surface area contributed by atoms with Crippen molar-refractivity contribution in [3.05, 3.63) is 0 Å². The van der Waals surface area contributed by atoms with Gasteiger partial charge in [-0.2, -0.15) is 0 Å². The zero-order valence-corrected chi connectivity index (χ0v) is 13.3. The highest BCUT2D eigenvalue weighted by atomic mass is 16.1. The third-order valence-corrected chi connectivity index (χ3v) is 8.16. The smallest absolute Gasteiger partial charge is 0.136 e. The molecule has 4 aliphatic rings. The lowest BCUT2D eigenvalue weighted by Gasteiger charge is -2.59. The molecular weight excluding hydrogens is 244 g/mol. The first-order valence-electron chi connectivity index (χ1n) is 9.07. The van der Waals surface area contributed by atoms with Gasteiger partial charge in [0.15, 0.2) is 0 Å². The number of hydrogen-bond acceptors (Lipinski definition) is 1. The number of Topliss-reactive ketones (excluding diaryl/α,β-unsaturated/α-hetero) is 1. The van der Waals surface area contributed by atoms with Crippen LogP contribution in [-0.4, -0.2) is 5.78 Å². The van der Waals surface area contributed by atoms with Crippen molar-refractivity contribution in [2.24, 2.45) is 34.5 Å². The fourth-order valence-corrected chi connectivity index (χ4v) is 7.05. The van der Waals surface area contributed by atoms with Crippen LogP contribution in [-0.2, 0) is 4.79 Å². The molecule has 0 unspecified atom stereocenters. The highest BCUT2D eigenvalue weighted by Crippen LogP contribution is 2.65. The average molecular weight is 274 g/mol. The van der Waals surface area contributed by atoms with Crippen LogP contribution in [0.3, 0.4) is 0 Å². The molecule has 4 fully saturated rings. The van der Waals surface area contributed by atoms with Crippen molar-refractivity contribution in [1.82, 2.24) is 0 Å². The summed E-state index contributed by atoms with van der Waals surface area (Å²) in [4.78, 5) is 12.5. The molecule has 0 aliphatic heterocycles. The topological polar surface area (TPSA) is 17.1 Å². The quantitative estimate of drug-likeness (QED) is 0.608. The molecule has 0 N–H and O–H groups in total. The van der Waals surface area contributed by atoms with E-state index in [1.165, 1.54) is 57.8 Å². The Labute approximate surface area is 123 Å². The molecule has 0 amide bonds. The lowest BCUT2D eigenvalue weighted by molar-refractivity contribution is -0.138. The highest BCUT2D eigenvalue weighted by Gasteiger charge is 2.59. The average Bonchev–Trinajstić information content (AvgIpc) is 2.74. The van der Waals surface area contributed by atoms with E-state index in [1.807, 2.05) is 0 Å². The molecule has 1 nitrogen and oxygen atoms in total. The van der Waals surface area contributed by atoms with E-state index in [2.05, 4.69) is 13.8 Å². The Bertz CT molecular complexity index is 427. The molecule has 112 valence electrons. The summed E-state index contributed by atoms with van der Waals surface area (Å²) in [6.45, 7) is 5.02. The summed E-state index contributed by atoms with van der Waals surface area (Å²) in [6.07, 6.45) is 13.4. The van der Waals surface area contributed by atoms with Crippen LogP contribution in [0.15, 0.2) is 0 Å². The van der Waals surface area contributed by atoms with Gasteiger partial charge >= 0.3 is 0 Å². The number of ketones is 1. The second-order valence-electron chi connectivity index (χ2n) is 8.93. The van der Waals surface area contributed by atoms with Crippen molar-refractivity contribution in [3.8, 4) is 0 Å². The third kappa shape index (κ3) is 1.64. The van der Waals surface area contributed by atoms with Crippen LogP contribution in [0.5, 0.6) is 0 Å². The van der Waals surface area contributed by atoms with E-state index in [-0.39, 0.29) is 0 Å². The molecule has 0 aromatic heterocycles. The fraction of sp³-hybridized carbons (Fsp3) is 0.947. The maximum atomic E-state index is 12.5. The van der Waals surface area contributed by atoms with Crippen molar-refractivity contribution in [2.75, 3.05) is 0 Å². The van der Waals surface area contributed by atoms with Crippen LogP contribution >= 0.6 is 0 Å². The van der Waals surface area contributed by atoms with Crippen molar-refractivity contribution in [3.63, 3.8) is 0 Å². The Balaban J connectivity index is 1.68. The standard InChI is InChI=1S/C19H30O/c1-18-11-8-15-14(17(18)16(20)9-12-18)7-6-13-5-3-4-10-19(13,15)2/h13-15,17H,3-12H2,1-2H3/t13-,14-,15+,17+,18+,19+/m1/s1. The van der Waals surface area contributed by atoms with E-state index in [9.17, 15) is 4.79 Å². The van der Waals surface area contributed by atoms with Crippen LogP contribution < -0.4 is 0 Å². The Kier molecular flexibility index (Phi) is 2.89. The minimum absolute atomic E-state index is 0.371. The fourth-order valence-electron chi connectivity index (χ4n) is 7.05. The summed E-state index contributed by atoms with van der Waals surface area (Å²) in [5.74, 6) is 3.63. The monoisotopic (exact) mass is 274 g/mol. The number of fused-ring (bicyclic) bond motifs is 5. The van der Waals surface area contributed by atoms with E-state index in [4.69, 9.17) is 0 Å². The van der Waals surface area contributed by atoms with Gasteiger partial charge in [-0.05, 0) is 73.5 Å². The van der Waals surface area contributed by atoms with Crippen LogP contribution in [0, 0.1) is 34.5 Å². The summed E-state index contributed by atoms with van der Waals surface area (Å²) in [7, 11) is 0. The summed E-state index contributed by atoms with van der Waals surface area (Å²) < 4.78 is 0. The van der Waals surface area contributed by atoms with E-state index >= 15 is 0 Å².